The lowest BCUT2D eigenvalue weighted by Crippen LogP contribution is -2.31. The number of Topliss-reactive ketones (excluding diaryl/α,β-unsaturated/α-hetero) is 1. The van der Waals surface area contributed by atoms with Crippen LogP contribution in [0.2, 0.25) is 5.02 Å². The molecule has 1 unspecified atom stereocenters. The lowest BCUT2D eigenvalue weighted by molar-refractivity contribution is -0.116. The number of ether oxygens (including phenoxy) is 1. The molecule has 0 spiro atoms. The summed E-state index contributed by atoms with van der Waals surface area (Å²) in [6.07, 6.45) is 2.06. The van der Waals surface area contributed by atoms with Crippen LogP contribution in [0.5, 0.6) is 5.75 Å². The van der Waals surface area contributed by atoms with Crippen molar-refractivity contribution in [3.8, 4) is 5.75 Å². The maximum Gasteiger partial charge on any atom is 0.227 e. The number of carbonyl (C=O) groups is 1. The molecule has 0 saturated heterocycles. The number of nitrogens with zero attached hydrogens (tertiary/aromatic N) is 3. The second-order valence-corrected chi connectivity index (χ2v) is 10.5. The van der Waals surface area contributed by atoms with Gasteiger partial charge in [0, 0.05) is 34.0 Å². The van der Waals surface area contributed by atoms with E-state index in [2.05, 4.69) is 10.3 Å². The summed E-state index contributed by atoms with van der Waals surface area (Å²) in [4.78, 5) is 17.8. The molecule has 6 rings (SSSR count). The van der Waals surface area contributed by atoms with Crippen LogP contribution in [0, 0.1) is 5.82 Å². The zero-order chi connectivity index (χ0) is 26.1. The maximum atomic E-state index is 14.1. The van der Waals surface area contributed by atoms with Crippen LogP contribution in [0.3, 0.4) is 0 Å². The zero-order valence-corrected chi connectivity index (χ0v) is 21.9. The molecular formula is C29H24ClFN4O2S. The maximum absolute atomic E-state index is 14.1. The first-order chi connectivity index (χ1) is 18.6. The molecule has 3 aromatic carbocycles. The highest BCUT2D eigenvalue weighted by molar-refractivity contribution is 7.98. The second kappa shape index (κ2) is 10.6. The van der Waals surface area contributed by atoms with Crippen molar-refractivity contribution < 1.29 is 13.9 Å². The molecule has 2 heterocycles. The summed E-state index contributed by atoms with van der Waals surface area (Å²) in [6.45, 7) is 0.327. The standard InChI is InChI=1S/C29H24ClFN4O2S/c30-22-11-3-1-7-19(22)16-37-21-10-5-9-18(15-21)27-26-24(13-6-14-25(26)36)32-28-33-29(34-35(27)28)38-17-20-8-2-4-12-23(20)31/h1-5,7-12,15,27H,6,13-14,16-17H2,(H,32,33,34). The Hall–Kier alpha value is -3.62. The van der Waals surface area contributed by atoms with Gasteiger partial charge in [-0.2, -0.15) is 4.98 Å². The number of benzene rings is 3. The predicted octanol–water partition coefficient (Wildman–Crippen LogP) is 6.96. The largest absolute Gasteiger partial charge is 0.489 e. The molecule has 0 bridgehead atoms. The minimum absolute atomic E-state index is 0.104. The van der Waals surface area contributed by atoms with Crippen molar-refractivity contribution in [1.82, 2.24) is 14.8 Å². The van der Waals surface area contributed by atoms with Gasteiger partial charge in [0.1, 0.15) is 24.2 Å². The van der Waals surface area contributed by atoms with Gasteiger partial charge in [0.25, 0.3) is 0 Å². The smallest absolute Gasteiger partial charge is 0.227 e. The molecule has 0 amide bonds. The molecule has 192 valence electrons. The molecule has 0 radical (unpaired) electrons. The van der Waals surface area contributed by atoms with E-state index in [0.717, 1.165) is 29.7 Å². The average molecular weight is 547 g/mol. The Balaban J connectivity index is 1.31. The third kappa shape index (κ3) is 4.93. The molecule has 38 heavy (non-hydrogen) atoms. The Kier molecular flexibility index (Phi) is 6.91. The van der Waals surface area contributed by atoms with Gasteiger partial charge in [-0.15, -0.1) is 5.10 Å². The Morgan fingerprint density at radius 1 is 1.05 bits per heavy atom. The molecule has 4 aromatic rings. The zero-order valence-electron chi connectivity index (χ0n) is 20.4. The summed E-state index contributed by atoms with van der Waals surface area (Å²) < 4.78 is 22.0. The van der Waals surface area contributed by atoms with Crippen LogP contribution in [-0.4, -0.2) is 20.5 Å². The third-order valence-corrected chi connectivity index (χ3v) is 7.94. The minimum atomic E-state index is -0.437. The molecule has 1 aromatic heterocycles. The van der Waals surface area contributed by atoms with Crippen molar-refractivity contribution in [1.29, 1.82) is 0 Å². The van der Waals surface area contributed by atoms with Gasteiger partial charge in [-0.1, -0.05) is 71.9 Å². The molecule has 6 nitrogen and oxygen atoms in total. The first kappa shape index (κ1) is 24.7. The first-order valence-electron chi connectivity index (χ1n) is 12.4. The van der Waals surface area contributed by atoms with E-state index in [1.54, 1.807) is 16.8 Å². The number of nitrogens with one attached hydrogen (secondary N) is 1. The number of carbonyl (C=O) groups excluding carboxylic acids is 1. The number of hydrogen-bond acceptors (Lipinski definition) is 6. The van der Waals surface area contributed by atoms with Crippen molar-refractivity contribution in [2.24, 2.45) is 0 Å². The van der Waals surface area contributed by atoms with Gasteiger partial charge in [-0.25, -0.2) is 9.07 Å². The van der Waals surface area contributed by atoms with Crippen LogP contribution in [0.4, 0.5) is 10.3 Å². The normalized spacial score (nSPS) is 16.6. The van der Waals surface area contributed by atoms with Crippen molar-refractivity contribution in [2.75, 3.05) is 5.32 Å². The average Bonchev–Trinajstić information content (AvgIpc) is 3.34. The molecule has 2 aliphatic rings. The van der Waals surface area contributed by atoms with E-state index in [1.807, 2.05) is 54.6 Å². The van der Waals surface area contributed by atoms with Gasteiger partial charge in [0.05, 0.1) is 0 Å². The predicted molar refractivity (Wildman–Crippen MR) is 146 cm³/mol. The summed E-state index contributed by atoms with van der Waals surface area (Å²) in [5.74, 6) is 1.49. The molecule has 9 heteroatoms. The van der Waals surface area contributed by atoms with Crippen LogP contribution in [0.15, 0.2) is 89.2 Å². The Morgan fingerprint density at radius 3 is 2.71 bits per heavy atom. The Labute approximate surface area is 228 Å². The molecule has 0 fully saturated rings. The quantitative estimate of drug-likeness (QED) is 0.253. The molecule has 1 aliphatic heterocycles. The molecule has 0 saturated carbocycles. The van der Waals surface area contributed by atoms with E-state index in [9.17, 15) is 9.18 Å². The number of rotatable bonds is 7. The van der Waals surface area contributed by atoms with Gasteiger partial charge in [-0.05, 0) is 48.2 Å². The lowest BCUT2D eigenvalue weighted by Gasteiger charge is -2.32. The van der Waals surface area contributed by atoms with Gasteiger partial charge in [0.2, 0.25) is 11.1 Å². The molecule has 1 aliphatic carbocycles. The number of ketones is 1. The number of thioether (sulfide) groups is 1. The van der Waals surface area contributed by atoms with Crippen LogP contribution in [-0.2, 0) is 17.2 Å². The summed E-state index contributed by atoms with van der Waals surface area (Å²) in [5.41, 5.74) is 3.96. The van der Waals surface area contributed by atoms with Gasteiger partial charge in [0.15, 0.2) is 5.78 Å². The highest BCUT2D eigenvalue weighted by atomic mass is 35.5. The van der Waals surface area contributed by atoms with Gasteiger partial charge in [-0.3, -0.25) is 4.79 Å². The van der Waals surface area contributed by atoms with Gasteiger partial charge < -0.3 is 10.1 Å². The SMILES string of the molecule is O=C1CCCC2=C1C(c1cccc(OCc3ccccc3Cl)c1)n1nc(SCc3ccccc3F)nc1N2. The van der Waals surface area contributed by atoms with Crippen LogP contribution < -0.4 is 10.1 Å². The molecule has 1 N–H and O–H groups in total. The number of halogens is 2. The topological polar surface area (TPSA) is 69.0 Å². The fraction of sp³-hybridized carbons (Fsp3) is 0.207. The van der Waals surface area contributed by atoms with Crippen molar-refractivity contribution in [3.05, 3.63) is 112 Å². The van der Waals surface area contributed by atoms with E-state index < -0.39 is 6.04 Å². The lowest BCUT2D eigenvalue weighted by atomic mass is 9.85. The van der Waals surface area contributed by atoms with Crippen LogP contribution in [0.25, 0.3) is 0 Å². The first-order valence-corrected chi connectivity index (χ1v) is 13.8. The van der Waals surface area contributed by atoms with E-state index >= 15 is 0 Å². The fourth-order valence-corrected chi connectivity index (χ4v) is 5.82. The number of hydrogen-bond donors (Lipinski definition) is 1. The molecule has 1 atom stereocenters. The highest BCUT2D eigenvalue weighted by Gasteiger charge is 2.37. The third-order valence-electron chi connectivity index (χ3n) is 6.69. The van der Waals surface area contributed by atoms with Gasteiger partial charge >= 0.3 is 0 Å². The van der Waals surface area contributed by atoms with Crippen LogP contribution in [0.1, 0.15) is 42.0 Å². The Morgan fingerprint density at radius 2 is 1.87 bits per heavy atom. The van der Waals surface area contributed by atoms with Crippen molar-refractivity contribution in [3.63, 3.8) is 0 Å². The highest BCUT2D eigenvalue weighted by Crippen LogP contribution is 2.41. The number of anilines is 1. The summed E-state index contributed by atoms with van der Waals surface area (Å²) in [6, 6.07) is 21.5. The van der Waals surface area contributed by atoms with Crippen molar-refractivity contribution in [2.45, 2.75) is 42.8 Å². The number of fused-ring (bicyclic) bond motifs is 1. The summed E-state index contributed by atoms with van der Waals surface area (Å²) in [5, 5.41) is 9.26. The number of allylic oxidation sites excluding steroid dienone is 2. The summed E-state index contributed by atoms with van der Waals surface area (Å²) >= 11 is 7.66. The van der Waals surface area contributed by atoms with E-state index in [1.165, 1.54) is 17.8 Å². The summed E-state index contributed by atoms with van der Waals surface area (Å²) in [7, 11) is 0. The van der Waals surface area contributed by atoms with Crippen molar-refractivity contribution >= 4 is 35.1 Å². The monoisotopic (exact) mass is 546 g/mol. The Bertz CT molecular complexity index is 1550. The van der Waals surface area contributed by atoms with E-state index in [4.69, 9.17) is 21.4 Å². The van der Waals surface area contributed by atoms with Crippen LogP contribution >= 0.6 is 23.4 Å². The second-order valence-electron chi connectivity index (χ2n) is 9.19. The van der Waals surface area contributed by atoms with E-state index in [0.29, 0.717) is 51.8 Å². The molecular weight excluding hydrogens is 523 g/mol. The van der Waals surface area contributed by atoms with E-state index in [-0.39, 0.29) is 11.6 Å². The minimum Gasteiger partial charge on any atom is -0.489 e. The number of aromatic nitrogens is 3. The fourth-order valence-electron chi connectivity index (χ4n) is 4.81.